The molecule has 0 bridgehead atoms. The van der Waals surface area contributed by atoms with E-state index in [1.165, 1.54) is 0 Å². The molecule has 1 spiro atoms. The Balaban J connectivity index is 1.48. The summed E-state index contributed by atoms with van der Waals surface area (Å²) in [7, 11) is 0. The molecule has 0 saturated carbocycles. The van der Waals surface area contributed by atoms with Crippen molar-refractivity contribution in [1.82, 2.24) is 25.8 Å². The Morgan fingerprint density at radius 2 is 1.71 bits per heavy atom. The molecule has 0 radical (unpaired) electrons. The zero-order chi connectivity index (χ0) is 31.0. The Morgan fingerprint density at radius 3 is 2.31 bits per heavy atom. The van der Waals surface area contributed by atoms with Crippen molar-refractivity contribution < 1.29 is 55.7 Å². The van der Waals surface area contributed by atoms with E-state index in [1.807, 2.05) is 0 Å². The standard InChI is InChI=1S/C22H21F6N7O6S/c23-21(24,25)8-1-2-10(22(26,27)28)9(3-8)16(38)41-12-5-35-18(30)31-11(4-34-13(36)6-42-7-14(34)37)15-19(35,20(12,39)40)33-17(29)32-15/h1-3,11-12,15,39-40H,4-7H2,(H2,30,31)(H3,29,32,33)/t11?,12?,15-,19-/m0/s1. The monoisotopic (exact) mass is 625 g/mol. The molecule has 0 aromatic heterocycles. The third-order valence-corrected chi connectivity index (χ3v) is 8.30. The van der Waals surface area contributed by atoms with E-state index in [0.29, 0.717) is 0 Å². The van der Waals surface area contributed by atoms with Gasteiger partial charge in [-0.3, -0.25) is 25.3 Å². The molecule has 4 aliphatic rings. The van der Waals surface area contributed by atoms with Crippen LogP contribution >= 0.6 is 11.8 Å². The number of imide groups is 1. The van der Waals surface area contributed by atoms with Gasteiger partial charge in [0.2, 0.25) is 17.6 Å². The van der Waals surface area contributed by atoms with Gasteiger partial charge >= 0.3 is 18.3 Å². The van der Waals surface area contributed by atoms with Gasteiger partial charge in [0, 0.05) is 0 Å². The summed E-state index contributed by atoms with van der Waals surface area (Å²) in [4.78, 5) is 39.5. The summed E-state index contributed by atoms with van der Waals surface area (Å²) in [6.45, 7) is -1.16. The number of hydrogen-bond donors (Lipinski definition) is 7. The van der Waals surface area contributed by atoms with Crippen LogP contribution in [0.1, 0.15) is 21.5 Å². The fourth-order valence-corrected chi connectivity index (χ4v) is 6.28. The van der Waals surface area contributed by atoms with Gasteiger partial charge in [-0.05, 0) is 18.2 Å². The number of aliphatic hydroxyl groups is 2. The molecule has 13 nitrogen and oxygen atoms in total. The molecule has 1 aromatic rings. The number of halogens is 6. The second-order valence-corrected chi connectivity index (χ2v) is 10.9. The molecule has 42 heavy (non-hydrogen) atoms. The van der Waals surface area contributed by atoms with Crippen LogP contribution in [-0.2, 0) is 26.7 Å². The van der Waals surface area contributed by atoms with E-state index < -0.39 is 94.9 Å². The Morgan fingerprint density at radius 1 is 1.07 bits per heavy atom. The van der Waals surface area contributed by atoms with Crippen LogP contribution in [0.3, 0.4) is 0 Å². The highest BCUT2D eigenvalue weighted by molar-refractivity contribution is 8.00. The average molecular weight is 626 g/mol. The zero-order valence-electron chi connectivity index (χ0n) is 20.9. The van der Waals surface area contributed by atoms with Gasteiger partial charge in [0.05, 0.1) is 53.4 Å². The van der Waals surface area contributed by atoms with E-state index in [4.69, 9.17) is 15.6 Å². The molecule has 4 heterocycles. The molecule has 1 aromatic carbocycles. The molecule has 228 valence electrons. The smallest absolute Gasteiger partial charge is 0.417 e. The first-order chi connectivity index (χ1) is 19.4. The summed E-state index contributed by atoms with van der Waals surface area (Å²) in [5.74, 6) is -7.47. The highest BCUT2D eigenvalue weighted by atomic mass is 32.2. The lowest BCUT2D eigenvalue weighted by atomic mass is 9.85. The predicted octanol–water partition coefficient (Wildman–Crippen LogP) is -0.553. The van der Waals surface area contributed by atoms with E-state index in [2.05, 4.69) is 16.0 Å². The van der Waals surface area contributed by atoms with Gasteiger partial charge in [0.1, 0.15) is 0 Å². The minimum atomic E-state index is -5.28. The number of guanidine groups is 2. The number of carbonyl (C=O) groups excluding carboxylic acids is 3. The maximum atomic E-state index is 13.6. The minimum absolute atomic E-state index is 0.0171. The SMILES string of the molecule is N=C1N[C@H]2C(CN3C(=O)CSCC3=O)NC(=N)N3CC(OC(=O)c4cc(C(F)(F)F)ccc4C(F)(F)F)C(O)(O)[C@]23N1. The summed E-state index contributed by atoms with van der Waals surface area (Å²) in [5.41, 5.74) is -7.20. The van der Waals surface area contributed by atoms with Gasteiger partial charge in [-0.1, -0.05) is 0 Å². The first kappa shape index (κ1) is 29.7. The predicted molar refractivity (Wildman–Crippen MR) is 129 cm³/mol. The Kier molecular flexibility index (Phi) is 6.81. The van der Waals surface area contributed by atoms with Crippen molar-refractivity contribution in [2.75, 3.05) is 24.6 Å². The third-order valence-electron chi connectivity index (χ3n) is 7.40. The summed E-state index contributed by atoms with van der Waals surface area (Å²) < 4.78 is 85.4. The van der Waals surface area contributed by atoms with Crippen molar-refractivity contribution in [2.45, 2.75) is 42.0 Å². The van der Waals surface area contributed by atoms with Crippen LogP contribution in [0.4, 0.5) is 26.3 Å². The number of nitrogens with one attached hydrogen (secondary N) is 5. The number of thioether (sulfide) groups is 1. The quantitative estimate of drug-likeness (QED) is 0.0984. The fourth-order valence-electron chi connectivity index (χ4n) is 5.52. The van der Waals surface area contributed by atoms with Crippen LogP contribution in [0, 0.1) is 10.8 Å². The molecule has 4 saturated heterocycles. The minimum Gasteiger partial charge on any atom is -0.451 e. The number of alkyl halides is 6. The highest BCUT2D eigenvalue weighted by Crippen LogP contribution is 2.45. The van der Waals surface area contributed by atoms with Crippen LogP contribution in [0.2, 0.25) is 0 Å². The first-order valence-electron chi connectivity index (χ1n) is 12.0. The van der Waals surface area contributed by atoms with Gasteiger partial charge in [0.25, 0.3) is 0 Å². The molecule has 4 fully saturated rings. The second kappa shape index (κ2) is 9.63. The van der Waals surface area contributed by atoms with Gasteiger partial charge < -0.3 is 35.8 Å². The first-order valence-corrected chi connectivity index (χ1v) is 13.1. The molecule has 0 aliphatic carbocycles. The lowest BCUT2D eigenvalue weighted by Crippen LogP contribution is -2.81. The second-order valence-electron chi connectivity index (χ2n) is 9.87. The maximum absolute atomic E-state index is 13.6. The Labute approximate surface area is 235 Å². The largest absolute Gasteiger partial charge is 0.451 e. The molecule has 20 heteroatoms. The van der Waals surface area contributed by atoms with Gasteiger partial charge in [-0.25, -0.2) is 4.79 Å². The van der Waals surface area contributed by atoms with Crippen molar-refractivity contribution >= 4 is 41.5 Å². The highest BCUT2D eigenvalue weighted by Gasteiger charge is 2.75. The topological polar surface area (TPSA) is 191 Å². The summed E-state index contributed by atoms with van der Waals surface area (Å²) in [6.07, 6.45) is -12.6. The number of ether oxygens (including phenoxy) is 1. The molecule has 4 aliphatic heterocycles. The van der Waals surface area contributed by atoms with Crippen LogP contribution in [0.25, 0.3) is 0 Å². The summed E-state index contributed by atoms with van der Waals surface area (Å²) in [6, 6.07) is -2.35. The summed E-state index contributed by atoms with van der Waals surface area (Å²) >= 11 is 1.08. The van der Waals surface area contributed by atoms with Crippen molar-refractivity contribution in [2.24, 2.45) is 0 Å². The lowest BCUT2D eigenvalue weighted by molar-refractivity contribution is -0.258. The van der Waals surface area contributed by atoms with Gasteiger partial charge in [0.15, 0.2) is 23.7 Å². The van der Waals surface area contributed by atoms with Crippen LogP contribution < -0.4 is 16.0 Å². The van der Waals surface area contributed by atoms with Crippen molar-refractivity contribution in [3.05, 3.63) is 34.9 Å². The van der Waals surface area contributed by atoms with E-state index >= 15 is 0 Å². The van der Waals surface area contributed by atoms with Crippen LogP contribution in [0.5, 0.6) is 0 Å². The van der Waals surface area contributed by atoms with E-state index in [-0.39, 0.29) is 36.2 Å². The summed E-state index contributed by atoms with van der Waals surface area (Å²) in [5, 5.41) is 47.0. The lowest BCUT2D eigenvalue weighted by Gasteiger charge is -2.51. The Bertz CT molecular complexity index is 1370. The third kappa shape index (κ3) is 4.56. The van der Waals surface area contributed by atoms with Crippen molar-refractivity contribution in [1.29, 1.82) is 10.8 Å². The number of benzene rings is 1. The molecule has 5 rings (SSSR count). The molecule has 2 unspecified atom stereocenters. The normalized spacial score (nSPS) is 29.0. The van der Waals surface area contributed by atoms with E-state index in [0.717, 1.165) is 21.6 Å². The van der Waals surface area contributed by atoms with Crippen molar-refractivity contribution in [3.8, 4) is 0 Å². The van der Waals surface area contributed by atoms with Gasteiger partial charge in [-0.15, -0.1) is 11.8 Å². The number of esters is 1. The molecular weight excluding hydrogens is 604 g/mol. The number of nitrogens with zero attached hydrogens (tertiary/aromatic N) is 2. The number of amides is 2. The Hall–Kier alpha value is -3.78. The molecular formula is C22H21F6N7O6S. The van der Waals surface area contributed by atoms with E-state index in [9.17, 15) is 50.9 Å². The molecule has 4 atom stereocenters. The molecule has 2 amide bonds. The number of hydrogen-bond acceptors (Lipinski definition) is 9. The zero-order valence-corrected chi connectivity index (χ0v) is 21.7. The van der Waals surface area contributed by atoms with Gasteiger partial charge in [-0.2, -0.15) is 26.3 Å². The maximum Gasteiger partial charge on any atom is 0.417 e. The number of carbonyl (C=O) groups is 3. The fraction of sp³-hybridized carbons (Fsp3) is 0.500. The van der Waals surface area contributed by atoms with Crippen LogP contribution in [-0.4, -0.2) is 104 Å². The van der Waals surface area contributed by atoms with Crippen LogP contribution in [0.15, 0.2) is 18.2 Å². The molecule has 7 N–H and O–H groups in total. The average Bonchev–Trinajstić information content (AvgIpc) is 3.34. The van der Waals surface area contributed by atoms with Crippen molar-refractivity contribution in [3.63, 3.8) is 0 Å². The van der Waals surface area contributed by atoms with E-state index in [1.54, 1.807) is 0 Å². The number of rotatable bonds is 4.